The van der Waals surface area contributed by atoms with E-state index in [0.717, 1.165) is 16.8 Å². The number of hydrogen-bond donors (Lipinski definition) is 3. The van der Waals surface area contributed by atoms with Gasteiger partial charge in [-0.05, 0) is 54.7 Å². The SMILES string of the molecule is COc1cc(/C=N/NC(=O)C(=O)NCC(C)C)ccc1OCC(=O)Nc1c(C)cccc1C. The third-order valence-corrected chi connectivity index (χ3v) is 4.55. The van der Waals surface area contributed by atoms with Gasteiger partial charge in [-0.3, -0.25) is 14.4 Å². The first-order valence-electron chi connectivity index (χ1n) is 10.5. The van der Waals surface area contributed by atoms with Crippen LogP contribution >= 0.6 is 0 Å². The normalized spacial score (nSPS) is 10.7. The predicted octanol–water partition coefficient (Wildman–Crippen LogP) is 2.55. The molecule has 0 saturated carbocycles. The van der Waals surface area contributed by atoms with Crippen molar-refractivity contribution in [2.24, 2.45) is 11.0 Å². The molecular weight excluding hydrogens is 424 g/mol. The Labute approximate surface area is 193 Å². The van der Waals surface area contributed by atoms with Crippen molar-refractivity contribution in [3.8, 4) is 11.5 Å². The van der Waals surface area contributed by atoms with Crippen molar-refractivity contribution < 1.29 is 23.9 Å². The van der Waals surface area contributed by atoms with E-state index in [9.17, 15) is 14.4 Å². The van der Waals surface area contributed by atoms with Gasteiger partial charge in [0.15, 0.2) is 18.1 Å². The Hall–Kier alpha value is -3.88. The Bertz CT molecular complexity index is 1010. The summed E-state index contributed by atoms with van der Waals surface area (Å²) in [4.78, 5) is 35.7. The van der Waals surface area contributed by atoms with Gasteiger partial charge < -0.3 is 20.1 Å². The molecule has 0 fully saturated rings. The van der Waals surface area contributed by atoms with Crippen LogP contribution in [0.5, 0.6) is 11.5 Å². The highest BCUT2D eigenvalue weighted by Crippen LogP contribution is 2.27. The van der Waals surface area contributed by atoms with Crippen LogP contribution in [-0.2, 0) is 14.4 Å². The number of nitrogens with zero attached hydrogens (tertiary/aromatic N) is 1. The van der Waals surface area contributed by atoms with Gasteiger partial charge in [0.05, 0.1) is 13.3 Å². The quantitative estimate of drug-likeness (QED) is 0.306. The summed E-state index contributed by atoms with van der Waals surface area (Å²) < 4.78 is 10.9. The highest BCUT2D eigenvalue weighted by Gasteiger charge is 2.13. The van der Waals surface area contributed by atoms with E-state index < -0.39 is 11.8 Å². The van der Waals surface area contributed by atoms with E-state index in [1.165, 1.54) is 13.3 Å². The van der Waals surface area contributed by atoms with Crippen molar-refractivity contribution in [2.45, 2.75) is 27.7 Å². The molecule has 0 radical (unpaired) electrons. The van der Waals surface area contributed by atoms with E-state index in [0.29, 0.717) is 23.6 Å². The van der Waals surface area contributed by atoms with E-state index in [1.807, 2.05) is 45.9 Å². The smallest absolute Gasteiger partial charge is 0.329 e. The fourth-order valence-electron chi connectivity index (χ4n) is 2.81. The minimum absolute atomic E-state index is 0.195. The first-order chi connectivity index (χ1) is 15.7. The number of carbonyl (C=O) groups excluding carboxylic acids is 3. The molecule has 0 saturated heterocycles. The summed E-state index contributed by atoms with van der Waals surface area (Å²) in [6.45, 7) is 7.90. The molecule has 2 aromatic carbocycles. The number of ether oxygens (including phenoxy) is 2. The van der Waals surface area contributed by atoms with Gasteiger partial charge in [-0.25, -0.2) is 5.43 Å². The maximum absolute atomic E-state index is 12.3. The number of hydrazone groups is 1. The zero-order chi connectivity index (χ0) is 24.4. The summed E-state index contributed by atoms with van der Waals surface area (Å²) >= 11 is 0. The van der Waals surface area contributed by atoms with Crippen molar-refractivity contribution in [3.63, 3.8) is 0 Å². The number of aryl methyl sites for hydroxylation is 2. The molecule has 0 aliphatic carbocycles. The molecule has 33 heavy (non-hydrogen) atoms. The molecular formula is C24H30N4O5. The Morgan fingerprint density at radius 3 is 2.36 bits per heavy atom. The van der Waals surface area contributed by atoms with Crippen molar-refractivity contribution >= 4 is 29.6 Å². The van der Waals surface area contributed by atoms with Gasteiger partial charge in [-0.1, -0.05) is 32.0 Å². The average molecular weight is 455 g/mol. The van der Waals surface area contributed by atoms with Crippen LogP contribution in [0, 0.1) is 19.8 Å². The van der Waals surface area contributed by atoms with Crippen LogP contribution in [0.3, 0.4) is 0 Å². The number of nitrogens with one attached hydrogen (secondary N) is 3. The topological polar surface area (TPSA) is 118 Å². The van der Waals surface area contributed by atoms with E-state index in [-0.39, 0.29) is 18.4 Å². The molecule has 0 atom stereocenters. The van der Waals surface area contributed by atoms with Crippen LogP contribution in [-0.4, -0.2) is 44.2 Å². The van der Waals surface area contributed by atoms with Crippen LogP contribution in [0.25, 0.3) is 0 Å². The van der Waals surface area contributed by atoms with Crippen LogP contribution < -0.4 is 25.5 Å². The number of hydrogen-bond acceptors (Lipinski definition) is 6. The summed E-state index contributed by atoms with van der Waals surface area (Å²) in [5, 5.41) is 9.15. The van der Waals surface area contributed by atoms with Crippen molar-refractivity contribution in [1.82, 2.24) is 10.7 Å². The Kier molecular flexibility index (Phi) is 9.41. The zero-order valence-corrected chi connectivity index (χ0v) is 19.5. The molecule has 3 amide bonds. The van der Waals surface area contributed by atoms with Crippen LogP contribution in [0.4, 0.5) is 5.69 Å². The van der Waals surface area contributed by atoms with Gasteiger partial charge in [0.25, 0.3) is 5.91 Å². The van der Waals surface area contributed by atoms with Gasteiger partial charge in [0.2, 0.25) is 0 Å². The lowest BCUT2D eigenvalue weighted by Gasteiger charge is -2.13. The monoisotopic (exact) mass is 454 g/mol. The maximum atomic E-state index is 12.3. The van der Waals surface area contributed by atoms with Crippen LogP contribution in [0.1, 0.15) is 30.5 Å². The number of amides is 3. The third kappa shape index (κ3) is 7.95. The summed E-state index contributed by atoms with van der Waals surface area (Å²) in [5.41, 5.74) is 5.47. The van der Waals surface area contributed by atoms with Gasteiger partial charge in [-0.2, -0.15) is 5.10 Å². The Balaban J connectivity index is 1.93. The number of benzene rings is 2. The largest absolute Gasteiger partial charge is 0.493 e. The molecule has 2 aromatic rings. The lowest BCUT2D eigenvalue weighted by molar-refractivity contribution is -0.139. The number of carbonyl (C=O) groups is 3. The van der Waals surface area contributed by atoms with Crippen molar-refractivity contribution in [1.29, 1.82) is 0 Å². The fraction of sp³-hybridized carbons (Fsp3) is 0.333. The van der Waals surface area contributed by atoms with Gasteiger partial charge >= 0.3 is 11.8 Å². The predicted molar refractivity (Wildman–Crippen MR) is 127 cm³/mol. The molecule has 9 heteroatoms. The molecule has 0 bridgehead atoms. The van der Waals surface area contributed by atoms with Crippen LogP contribution in [0.2, 0.25) is 0 Å². The fourth-order valence-corrected chi connectivity index (χ4v) is 2.81. The van der Waals surface area contributed by atoms with Crippen molar-refractivity contribution in [3.05, 3.63) is 53.1 Å². The summed E-state index contributed by atoms with van der Waals surface area (Å²) in [6, 6.07) is 10.7. The van der Waals surface area contributed by atoms with Crippen molar-refractivity contribution in [2.75, 3.05) is 25.6 Å². The summed E-state index contributed by atoms with van der Waals surface area (Å²) in [7, 11) is 1.47. The Morgan fingerprint density at radius 1 is 1.03 bits per heavy atom. The molecule has 0 spiro atoms. The summed E-state index contributed by atoms with van der Waals surface area (Å²) in [5.74, 6) is -0.895. The molecule has 0 aliphatic heterocycles. The maximum Gasteiger partial charge on any atom is 0.329 e. The van der Waals surface area contributed by atoms with E-state index in [2.05, 4.69) is 21.2 Å². The van der Waals surface area contributed by atoms with E-state index in [1.54, 1.807) is 18.2 Å². The Morgan fingerprint density at radius 2 is 1.73 bits per heavy atom. The number of anilines is 1. The minimum atomic E-state index is -0.853. The molecule has 0 aliphatic rings. The molecule has 0 unspecified atom stereocenters. The number of methoxy groups -OCH3 is 1. The number of para-hydroxylation sites is 1. The number of rotatable bonds is 9. The lowest BCUT2D eigenvalue weighted by Crippen LogP contribution is -2.39. The second-order valence-electron chi connectivity index (χ2n) is 7.82. The minimum Gasteiger partial charge on any atom is -0.493 e. The third-order valence-electron chi connectivity index (χ3n) is 4.55. The van der Waals surface area contributed by atoms with Crippen LogP contribution in [0.15, 0.2) is 41.5 Å². The molecule has 0 aromatic heterocycles. The van der Waals surface area contributed by atoms with Gasteiger partial charge in [0, 0.05) is 12.2 Å². The summed E-state index contributed by atoms with van der Waals surface area (Å²) in [6.07, 6.45) is 1.37. The standard InChI is InChI=1S/C24H30N4O5/c1-15(2)12-25-23(30)24(31)28-26-13-18-9-10-19(20(11-18)32-5)33-14-21(29)27-22-16(3)7-6-8-17(22)4/h6-11,13,15H,12,14H2,1-5H3,(H,25,30)(H,27,29)(H,28,31)/b26-13+. The van der Waals surface area contributed by atoms with Gasteiger partial charge in [0.1, 0.15) is 0 Å². The second kappa shape index (κ2) is 12.2. The first kappa shape index (κ1) is 25.4. The first-order valence-corrected chi connectivity index (χ1v) is 10.5. The highest BCUT2D eigenvalue weighted by atomic mass is 16.5. The molecule has 176 valence electrons. The highest BCUT2D eigenvalue weighted by molar-refractivity contribution is 6.35. The molecule has 3 N–H and O–H groups in total. The zero-order valence-electron chi connectivity index (χ0n) is 19.5. The average Bonchev–Trinajstić information content (AvgIpc) is 2.78. The molecule has 2 rings (SSSR count). The van der Waals surface area contributed by atoms with E-state index in [4.69, 9.17) is 9.47 Å². The lowest BCUT2D eigenvalue weighted by atomic mass is 10.1. The van der Waals surface area contributed by atoms with E-state index >= 15 is 0 Å². The molecule has 0 heterocycles. The molecule has 9 nitrogen and oxygen atoms in total. The second-order valence-corrected chi connectivity index (χ2v) is 7.82. The van der Waals surface area contributed by atoms with Gasteiger partial charge in [-0.15, -0.1) is 0 Å².